The maximum absolute atomic E-state index is 11.6. The van der Waals surface area contributed by atoms with Gasteiger partial charge in [-0.05, 0) is 44.4 Å². The summed E-state index contributed by atoms with van der Waals surface area (Å²) in [5.41, 5.74) is 1.07. The van der Waals surface area contributed by atoms with Crippen LogP contribution in [0.25, 0.3) is 0 Å². The molecule has 4 heteroatoms. The minimum absolute atomic E-state index is 0.355. The third kappa shape index (κ3) is 6.53. The first-order chi connectivity index (χ1) is 10.2. The van der Waals surface area contributed by atoms with Crippen LogP contribution >= 0.6 is 0 Å². The molecule has 0 aliphatic carbocycles. The van der Waals surface area contributed by atoms with Crippen molar-refractivity contribution in [3.63, 3.8) is 0 Å². The highest BCUT2D eigenvalue weighted by molar-refractivity contribution is 5.67. The zero-order valence-electron chi connectivity index (χ0n) is 14.0. The molecule has 0 fully saturated rings. The molecule has 1 aromatic rings. The molecule has 1 N–H and O–H groups in total. The van der Waals surface area contributed by atoms with Crippen LogP contribution in [0.2, 0.25) is 0 Å². The van der Waals surface area contributed by atoms with E-state index in [9.17, 15) is 4.79 Å². The van der Waals surface area contributed by atoms with Crippen molar-refractivity contribution in [3.8, 4) is 18.1 Å². The van der Waals surface area contributed by atoms with Crippen molar-refractivity contribution < 1.29 is 14.3 Å². The smallest absolute Gasteiger partial charge is 0.407 e. The Kier molecular flexibility index (Phi) is 6.30. The van der Waals surface area contributed by atoms with Crippen molar-refractivity contribution in [1.29, 1.82) is 0 Å². The normalized spacial score (nSPS) is 11.0. The zero-order valence-corrected chi connectivity index (χ0v) is 14.0. The number of alkyl carbamates (subject to hydrolysis) is 1. The number of carbonyl (C=O) groups excluding carboxylic acids is 1. The van der Waals surface area contributed by atoms with Crippen LogP contribution in [0.3, 0.4) is 0 Å². The lowest BCUT2D eigenvalue weighted by molar-refractivity contribution is 0.0523. The highest BCUT2D eigenvalue weighted by Gasteiger charge is 2.15. The molecule has 0 radical (unpaired) electrons. The maximum Gasteiger partial charge on any atom is 0.407 e. The maximum atomic E-state index is 11.6. The van der Waals surface area contributed by atoms with Gasteiger partial charge in [-0.1, -0.05) is 25.8 Å². The summed E-state index contributed by atoms with van der Waals surface area (Å²) in [6.45, 7) is 10.6. The SMILES string of the molecule is C#Cc1cc(CNC(=O)OC(C)(C)C)ccc1OCC(C)C. The van der Waals surface area contributed by atoms with Crippen LogP contribution in [-0.2, 0) is 11.3 Å². The predicted molar refractivity (Wildman–Crippen MR) is 87.8 cm³/mol. The van der Waals surface area contributed by atoms with Gasteiger partial charge in [-0.25, -0.2) is 4.79 Å². The minimum atomic E-state index is -0.511. The highest BCUT2D eigenvalue weighted by Crippen LogP contribution is 2.20. The van der Waals surface area contributed by atoms with Gasteiger partial charge in [0.15, 0.2) is 0 Å². The molecule has 120 valence electrons. The summed E-state index contributed by atoms with van der Waals surface area (Å²) in [4.78, 5) is 11.6. The van der Waals surface area contributed by atoms with E-state index < -0.39 is 11.7 Å². The fourth-order valence-electron chi connectivity index (χ4n) is 1.67. The topological polar surface area (TPSA) is 47.6 Å². The van der Waals surface area contributed by atoms with Gasteiger partial charge in [-0.2, -0.15) is 0 Å². The molecule has 0 spiro atoms. The third-order valence-electron chi connectivity index (χ3n) is 2.61. The molecule has 0 saturated carbocycles. The molecular weight excluding hydrogens is 278 g/mol. The van der Waals surface area contributed by atoms with Gasteiger partial charge in [-0.15, -0.1) is 6.42 Å². The summed E-state index contributed by atoms with van der Waals surface area (Å²) < 4.78 is 10.9. The van der Waals surface area contributed by atoms with Gasteiger partial charge < -0.3 is 14.8 Å². The second-order valence-corrected chi connectivity index (χ2v) is 6.54. The van der Waals surface area contributed by atoms with Crippen molar-refractivity contribution in [3.05, 3.63) is 29.3 Å². The first-order valence-corrected chi connectivity index (χ1v) is 7.40. The van der Waals surface area contributed by atoms with E-state index >= 15 is 0 Å². The van der Waals surface area contributed by atoms with Gasteiger partial charge in [-0.3, -0.25) is 0 Å². The Morgan fingerprint density at radius 3 is 2.59 bits per heavy atom. The van der Waals surface area contributed by atoms with Crippen LogP contribution in [0.4, 0.5) is 4.79 Å². The second-order valence-electron chi connectivity index (χ2n) is 6.54. The van der Waals surface area contributed by atoms with Crippen molar-refractivity contribution in [2.24, 2.45) is 5.92 Å². The van der Waals surface area contributed by atoms with Crippen LogP contribution in [0.1, 0.15) is 45.7 Å². The van der Waals surface area contributed by atoms with Crippen LogP contribution in [0.15, 0.2) is 18.2 Å². The number of benzene rings is 1. The molecule has 0 heterocycles. The number of ether oxygens (including phenoxy) is 2. The molecule has 0 saturated heterocycles. The van der Waals surface area contributed by atoms with Crippen LogP contribution in [0, 0.1) is 18.3 Å². The lowest BCUT2D eigenvalue weighted by atomic mass is 10.1. The minimum Gasteiger partial charge on any atom is -0.492 e. The lowest BCUT2D eigenvalue weighted by Crippen LogP contribution is -2.32. The van der Waals surface area contributed by atoms with E-state index in [4.69, 9.17) is 15.9 Å². The molecule has 4 nitrogen and oxygen atoms in total. The molecule has 0 bridgehead atoms. The quantitative estimate of drug-likeness (QED) is 0.843. The van der Waals surface area contributed by atoms with Gasteiger partial charge in [0.25, 0.3) is 0 Å². The molecule has 1 rings (SSSR count). The Bertz CT molecular complexity index is 550. The van der Waals surface area contributed by atoms with Crippen molar-refractivity contribution in [1.82, 2.24) is 5.32 Å². The summed E-state index contributed by atoms with van der Waals surface area (Å²) in [5.74, 6) is 3.74. The Hall–Kier alpha value is -2.15. The standard InChI is InChI=1S/C18H25NO3/c1-7-15-10-14(8-9-16(15)21-12-13(2)3)11-19-17(20)22-18(4,5)6/h1,8-10,13H,11-12H2,2-6H3,(H,19,20). The fraction of sp³-hybridized carbons (Fsp3) is 0.500. The molecule has 1 amide bonds. The summed E-state index contributed by atoms with van der Waals surface area (Å²) >= 11 is 0. The van der Waals surface area contributed by atoms with Gasteiger partial charge >= 0.3 is 6.09 Å². The van der Waals surface area contributed by atoms with Gasteiger partial charge in [0, 0.05) is 6.54 Å². The van der Waals surface area contributed by atoms with E-state index in [2.05, 4.69) is 25.1 Å². The van der Waals surface area contributed by atoms with Crippen LogP contribution < -0.4 is 10.1 Å². The Labute approximate surface area is 133 Å². The number of rotatable bonds is 5. The van der Waals surface area contributed by atoms with Crippen LogP contribution in [-0.4, -0.2) is 18.3 Å². The molecule has 1 aromatic carbocycles. The second kappa shape index (κ2) is 7.74. The zero-order chi connectivity index (χ0) is 16.8. The molecular formula is C18H25NO3. The van der Waals surface area contributed by atoms with Crippen LogP contribution in [0.5, 0.6) is 5.75 Å². The average Bonchev–Trinajstić information content (AvgIpc) is 2.41. The molecule has 0 unspecified atom stereocenters. The summed E-state index contributed by atoms with van der Waals surface area (Å²) in [6.07, 6.45) is 5.07. The van der Waals surface area contributed by atoms with Crippen molar-refractivity contribution in [2.75, 3.05) is 6.61 Å². The average molecular weight is 303 g/mol. The molecule has 0 aliphatic heterocycles. The Balaban J connectivity index is 2.66. The first kappa shape index (κ1) is 17.9. The number of carbonyl (C=O) groups is 1. The number of hydrogen-bond acceptors (Lipinski definition) is 3. The van der Waals surface area contributed by atoms with Gasteiger partial charge in [0.1, 0.15) is 11.4 Å². The van der Waals surface area contributed by atoms with Crippen molar-refractivity contribution >= 4 is 6.09 Å². The number of amides is 1. The number of hydrogen-bond donors (Lipinski definition) is 1. The first-order valence-electron chi connectivity index (χ1n) is 7.40. The lowest BCUT2D eigenvalue weighted by Gasteiger charge is -2.19. The van der Waals surface area contributed by atoms with E-state index in [1.165, 1.54) is 0 Å². The Morgan fingerprint density at radius 2 is 2.05 bits per heavy atom. The largest absolute Gasteiger partial charge is 0.492 e. The highest BCUT2D eigenvalue weighted by atomic mass is 16.6. The molecule has 22 heavy (non-hydrogen) atoms. The van der Waals surface area contributed by atoms with Gasteiger partial charge in [0.2, 0.25) is 0 Å². The van der Waals surface area contributed by atoms with E-state index in [-0.39, 0.29) is 0 Å². The molecule has 0 atom stereocenters. The predicted octanol–water partition coefficient (Wildman–Crippen LogP) is 3.73. The van der Waals surface area contributed by atoms with Gasteiger partial charge in [0.05, 0.1) is 12.2 Å². The summed E-state index contributed by atoms with van der Waals surface area (Å²) in [5, 5.41) is 2.71. The van der Waals surface area contributed by atoms with E-state index in [0.29, 0.717) is 30.4 Å². The number of nitrogens with one attached hydrogen (secondary N) is 1. The van der Waals surface area contributed by atoms with E-state index in [1.807, 2.05) is 39.0 Å². The third-order valence-corrected chi connectivity index (χ3v) is 2.61. The van der Waals surface area contributed by atoms with Crippen molar-refractivity contribution in [2.45, 2.75) is 46.8 Å². The fourth-order valence-corrected chi connectivity index (χ4v) is 1.67. The summed E-state index contributed by atoms with van der Waals surface area (Å²) in [6, 6.07) is 5.56. The Morgan fingerprint density at radius 1 is 1.36 bits per heavy atom. The van der Waals surface area contributed by atoms with E-state index in [0.717, 1.165) is 5.56 Å². The molecule has 0 aromatic heterocycles. The molecule has 0 aliphatic rings. The monoisotopic (exact) mass is 303 g/mol. The number of terminal acetylenes is 1. The summed E-state index contributed by atoms with van der Waals surface area (Å²) in [7, 11) is 0. The van der Waals surface area contributed by atoms with E-state index in [1.54, 1.807) is 0 Å².